The Hall–Kier alpha value is -3.61. The van der Waals surface area contributed by atoms with E-state index in [1.165, 1.54) is 4.57 Å². The Morgan fingerprint density at radius 1 is 1.10 bits per heavy atom. The van der Waals surface area contributed by atoms with Gasteiger partial charge in [0.2, 0.25) is 0 Å². The molecule has 1 N–H and O–H groups in total. The molecule has 0 aliphatic rings. The highest BCUT2D eigenvalue weighted by molar-refractivity contribution is 6.01. The molecule has 0 aliphatic carbocycles. The number of carbonyl (C=O) groups is 3. The van der Waals surface area contributed by atoms with Crippen molar-refractivity contribution < 1.29 is 23.9 Å². The van der Waals surface area contributed by atoms with Crippen molar-refractivity contribution >= 4 is 18.3 Å². The number of H-pyrrole nitrogens is 1. The molecule has 7 heteroatoms. The minimum absolute atomic E-state index is 0.0932. The number of aromatic nitrogens is 2. The molecule has 162 valence electrons. The second-order valence-corrected chi connectivity index (χ2v) is 8.04. The fourth-order valence-corrected chi connectivity index (χ4v) is 3.30. The maximum Gasteiger partial charge on any atom is 0.419 e. The van der Waals surface area contributed by atoms with E-state index in [1.54, 1.807) is 39.1 Å². The van der Waals surface area contributed by atoms with Crippen molar-refractivity contribution in [2.75, 3.05) is 0 Å². The third kappa shape index (κ3) is 4.94. The highest BCUT2D eigenvalue weighted by Crippen LogP contribution is 2.30. The van der Waals surface area contributed by atoms with Crippen LogP contribution in [0.25, 0.3) is 11.4 Å². The van der Waals surface area contributed by atoms with Crippen LogP contribution in [0.2, 0.25) is 0 Å². The van der Waals surface area contributed by atoms with Crippen LogP contribution in [0.15, 0.2) is 48.7 Å². The lowest BCUT2D eigenvalue weighted by Gasteiger charge is -2.20. The lowest BCUT2D eigenvalue weighted by Crippen LogP contribution is -2.27. The van der Waals surface area contributed by atoms with Crippen LogP contribution >= 0.6 is 0 Å². The van der Waals surface area contributed by atoms with E-state index in [0.717, 1.165) is 5.56 Å². The molecule has 2 aromatic heterocycles. The van der Waals surface area contributed by atoms with Gasteiger partial charge in [-0.2, -0.15) is 0 Å². The summed E-state index contributed by atoms with van der Waals surface area (Å²) in [7, 11) is 0. The fraction of sp³-hybridized carbons (Fsp3) is 0.292. The molecule has 0 fully saturated rings. The largest absolute Gasteiger partial charge is 0.457 e. The van der Waals surface area contributed by atoms with Gasteiger partial charge in [0.25, 0.3) is 0 Å². The first-order valence-corrected chi connectivity index (χ1v) is 10.1. The van der Waals surface area contributed by atoms with E-state index in [2.05, 4.69) is 4.98 Å². The van der Waals surface area contributed by atoms with E-state index < -0.39 is 17.7 Å². The first-order chi connectivity index (χ1) is 14.7. The predicted molar refractivity (Wildman–Crippen MR) is 116 cm³/mol. The zero-order chi connectivity index (χ0) is 22.6. The summed E-state index contributed by atoms with van der Waals surface area (Å²) in [6, 6.07) is 12.7. The van der Waals surface area contributed by atoms with Crippen molar-refractivity contribution in [1.82, 2.24) is 9.55 Å². The number of hydrogen-bond donors (Lipinski definition) is 1. The summed E-state index contributed by atoms with van der Waals surface area (Å²) in [6.45, 7) is 7.31. The fourth-order valence-electron chi connectivity index (χ4n) is 3.30. The van der Waals surface area contributed by atoms with E-state index in [9.17, 15) is 14.4 Å². The number of esters is 1. The van der Waals surface area contributed by atoms with Gasteiger partial charge in [-0.05, 0) is 50.5 Å². The number of ether oxygens (including phenoxy) is 2. The number of nitrogens with one attached hydrogen (secondary N) is 1. The molecule has 0 atom stereocenters. The monoisotopic (exact) mass is 422 g/mol. The Bertz CT molecular complexity index is 1090. The second-order valence-electron chi connectivity index (χ2n) is 8.04. The summed E-state index contributed by atoms with van der Waals surface area (Å²) in [5.41, 5.74) is 2.08. The predicted octanol–water partition coefficient (Wildman–Crippen LogP) is 5.00. The van der Waals surface area contributed by atoms with Crippen molar-refractivity contribution in [3.8, 4) is 11.4 Å². The Labute approximate surface area is 181 Å². The van der Waals surface area contributed by atoms with Gasteiger partial charge in [0, 0.05) is 6.20 Å². The molecule has 0 amide bonds. The minimum Gasteiger partial charge on any atom is -0.457 e. The van der Waals surface area contributed by atoms with E-state index in [0.29, 0.717) is 29.7 Å². The third-order valence-corrected chi connectivity index (χ3v) is 4.62. The maximum absolute atomic E-state index is 12.9. The topological polar surface area (TPSA) is 90.4 Å². The highest BCUT2D eigenvalue weighted by atomic mass is 16.6. The number of aromatic amines is 1. The number of rotatable bonds is 6. The zero-order valence-electron chi connectivity index (χ0n) is 18.1. The summed E-state index contributed by atoms with van der Waals surface area (Å²) in [4.78, 5) is 40.2. The van der Waals surface area contributed by atoms with Gasteiger partial charge in [-0.1, -0.05) is 37.3 Å². The molecule has 0 unspecified atom stereocenters. The van der Waals surface area contributed by atoms with Crippen LogP contribution in [-0.4, -0.2) is 33.5 Å². The van der Waals surface area contributed by atoms with Crippen LogP contribution < -0.4 is 0 Å². The summed E-state index contributed by atoms with van der Waals surface area (Å²) in [5, 5.41) is 0. The quantitative estimate of drug-likeness (QED) is 0.446. The first kappa shape index (κ1) is 22.1. The van der Waals surface area contributed by atoms with E-state index in [4.69, 9.17) is 9.47 Å². The molecule has 0 saturated heterocycles. The Morgan fingerprint density at radius 3 is 2.42 bits per heavy atom. The summed E-state index contributed by atoms with van der Waals surface area (Å²) >= 11 is 0. The third-order valence-electron chi connectivity index (χ3n) is 4.62. The van der Waals surface area contributed by atoms with Crippen LogP contribution in [0.4, 0.5) is 4.79 Å². The van der Waals surface area contributed by atoms with Crippen LogP contribution in [0.5, 0.6) is 0 Å². The average Bonchev–Trinajstić information content (AvgIpc) is 3.35. The first-order valence-electron chi connectivity index (χ1n) is 10.1. The molecule has 0 radical (unpaired) electrons. The molecule has 3 rings (SSSR count). The van der Waals surface area contributed by atoms with Crippen molar-refractivity contribution in [2.24, 2.45) is 0 Å². The smallest absolute Gasteiger partial charge is 0.419 e. The maximum atomic E-state index is 12.9. The van der Waals surface area contributed by atoms with Crippen LogP contribution in [0.1, 0.15) is 59.7 Å². The van der Waals surface area contributed by atoms with Gasteiger partial charge in [-0.15, -0.1) is 0 Å². The van der Waals surface area contributed by atoms with E-state index >= 15 is 0 Å². The summed E-state index contributed by atoms with van der Waals surface area (Å²) in [5.74, 6) is -0.597. The molecule has 0 bridgehead atoms. The van der Waals surface area contributed by atoms with Crippen LogP contribution in [-0.2, 0) is 22.5 Å². The lowest BCUT2D eigenvalue weighted by molar-refractivity contribution is 0.0468. The number of carbonyl (C=O) groups excluding carboxylic acids is 3. The molecule has 7 nitrogen and oxygen atoms in total. The average molecular weight is 422 g/mol. The molecule has 0 aliphatic heterocycles. The SMILES string of the molecule is CCc1c(-c2cccn2C(=O)OC(C)(C)C)[nH]c(C=O)c1C(=O)OCc1ccccc1. The number of nitrogens with zero attached hydrogens (tertiary/aromatic N) is 1. The zero-order valence-corrected chi connectivity index (χ0v) is 18.1. The summed E-state index contributed by atoms with van der Waals surface area (Å²) < 4.78 is 12.3. The van der Waals surface area contributed by atoms with Crippen molar-refractivity contribution in [3.05, 3.63) is 71.0 Å². The molecular formula is C24H26N2O5. The van der Waals surface area contributed by atoms with Gasteiger partial charge in [0.05, 0.1) is 22.6 Å². The number of benzene rings is 1. The van der Waals surface area contributed by atoms with Crippen LogP contribution in [0.3, 0.4) is 0 Å². The van der Waals surface area contributed by atoms with Crippen LogP contribution in [0, 0.1) is 0 Å². The Kier molecular flexibility index (Phi) is 6.44. The molecular weight excluding hydrogens is 396 g/mol. The van der Waals surface area contributed by atoms with Gasteiger partial charge in [-0.3, -0.25) is 9.36 Å². The normalized spacial score (nSPS) is 11.2. The summed E-state index contributed by atoms with van der Waals surface area (Å²) in [6.07, 6.45) is 2.07. The van der Waals surface area contributed by atoms with Gasteiger partial charge in [-0.25, -0.2) is 9.59 Å². The molecule has 0 saturated carbocycles. The van der Waals surface area contributed by atoms with Crippen molar-refractivity contribution in [2.45, 2.75) is 46.3 Å². The molecule has 0 spiro atoms. The number of hydrogen-bond acceptors (Lipinski definition) is 5. The molecule has 31 heavy (non-hydrogen) atoms. The molecule has 1 aromatic carbocycles. The van der Waals surface area contributed by atoms with Gasteiger partial charge in [0.15, 0.2) is 6.29 Å². The standard InChI is InChI=1S/C24H26N2O5/c1-5-17-20(22(28)30-15-16-10-7-6-8-11-16)18(14-27)25-21(17)19-12-9-13-26(19)23(29)31-24(2,3)4/h6-14,25H,5,15H2,1-4H3. The Balaban J connectivity index is 1.96. The van der Waals surface area contributed by atoms with Crippen molar-refractivity contribution in [3.63, 3.8) is 0 Å². The van der Waals surface area contributed by atoms with E-state index in [-0.39, 0.29) is 17.9 Å². The lowest BCUT2D eigenvalue weighted by atomic mass is 10.0. The number of aldehydes is 1. The molecule has 2 heterocycles. The molecule has 3 aromatic rings. The van der Waals surface area contributed by atoms with Gasteiger partial charge < -0.3 is 14.5 Å². The Morgan fingerprint density at radius 2 is 1.81 bits per heavy atom. The van der Waals surface area contributed by atoms with E-state index in [1.807, 2.05) is 37.3 Å². The van der Waals surface area contributed by atoms with Gasteiger partial charge >= 0.3 is 12.1 Å². The highest BCUT2D eigenvalue weighted by Gasteiger charge is 2.27. The van der Waals surface area contributed by atoms with Gasteiger partial charge in [0.1, 0.15) is 12.2 Å². The minimum atomic E-state index is -0.664. The van der Waals surface area contributed by atoms with Crippen molar-refractivity contribution in [1.29, 1.82) is 0 Å². The second kappa shape index (κ2) is 9.04.